The Bertz CT molecular complexity index is 1030. The average Bonchev–Trinajstić information content (AvgIpc) is 3.21. The molecule has 1 N–H and O–H groups in total. The highest BCUT2D eigenvalue weighted by atomic mass is 32.2. The SMILES string of the molecule is COc1ccc(-c2csc(NC(=O)CCN3C(=O)CSc4ccccc43)n2)cc1. The van der Waals surface area contributed by atoms with Crippen LogP contribution < -0.4 is 15.0 Å². The molecule has 0 saturated carbocycles. The van der Waals surface area contributed by atoms with E-state index in [1.54, 1.807) is 12.0 Å². The van der Waals surface area contributed by atoms with Crippen molar-refractivity contribution in [2.45, 2.75) is 11.3 Å². The maximum Gasteiger partial charge on any atom is 0.237 e. The minimum Gasteiger partial charge on any atom is -0.497 e. The number of ether oxygens (including phenoxy) is 1. The molecular formula is C21H19N3O3S2. The number of hydrogen-bond acceptors (Lipinski definition) is 6. The highest BCUT2D eigenvalue weighted by molar-refractivity contribution is 8.00. The summed E-state index contributed by atoms with van der Waals surface area (Å²) in [6.45, 7) is 0.346. The molecule has 8 heteroatoms. The lowest BCUT2D eigenvalue weighted by Gasteiger charge is -2.28. The quantitative estimate of drug-likeness (QED) is 0.638. The summed E-state index contributed by atoms with van der Waals surface area (Å²) in [5.74, 6) is 1.04. The molecule has 6 nitrogen and oxygen atoms in total. The molecule has 29 heavy (non-hydrogen) atoms. The van der Waals surface area contributed by atoms with Gasteiger partial charge >= 0.3 is 0 Å². The molecule has 148 valence electrons. The summed E-state index contributed by atoms with van der Waals surface area (Å²) in [7, 11) is 1.63. The maximum absolute atomic E-state index is 12.4. The van der Waals surface area contributed by atoms with Gasteiger partial charge in [0.15, 0.2) is 5.13 Å². The van der Waals surface area contributed by atoms with E-state index in [0.29, 0.717) is 17.4 Å². The third-order valence-corrected chi connectivity index (χ3v) is 6.31. The first-order valence-electron chi connectivity index (χ1n) is 9.06. The fourth-order valence-corrected chi connectivity index (χ4v) is 4.69. The molecule has 0 spiro atoms. The van der Waals surface area contributed by atoms with E-state index in [2.05, 4.69) is 10.3 Å². The lowest BCUT2D eigenvalue weighted by Crippen LogP contribution is -2.37. The first-order chi connectivity index (χ1) is 14.1. The van der Waals surface area contributed by atoms with Crippen LogP contribution in [0.1, 0.15) is 6.42 Å². The molecule has 1 aliphatic rings. The van der Waals surface area contributed by atoms with Gasteiger partial charge in [-0.05, 0) is 36.4 Å². The second-order valence-corrected chi connectivity index (χ2v) is 8.24. The summed E-state index contributed by atoms with van der Waals surface area (Å²) in [4.78, 5) is 31.9. The van der Waals surface area contributed by atoms with Crippen LogP contribution >= 0.6 is 23.1 Å². The number of fused-ring (bicyclic) bond motifs is 1. The number of methoxy groups -OCH3 is 1. The van der Waals surface area contributed by atoms with Gasteiger partial charge in [-0.1, -0.05) is 12.1 Å². The van der Waals surface area contributed by atoms with Crippen molar-refractivity contribution in [3.63, 3.8) is 0 Å². The summed E-state index contributed by atoms with van der Waals surface area (Å²) >= 11 is 2.91. The van der Waals surface area contributed by atoms with E-state index < -0.39 is 0 Å². The Morgan fingerprint density at radius 3 is 2.79 bits per heavy atom. The number of amides is 2. The lowest BCUT2D eigenvalue weighted by atomic mass is 10.2. The number of aromatic nitrogens is 1. The van der Waals surface area contributed by atoms with Gasteiger partial charge in [-0.15, -0.1) is 23.1 Å². The minimum atomic E-state index is -0.163. The van der Waals surface area contributed by atoms with Gasteiger partial charge in [0.05, 0.1) is 24.2 Å². The van der Waals surface area contributed by atoms with Crippen LogP contribution in [0, 0.1) is 0 Å². The molecule has 0 aliphatic carbocycles. The van der Waals surface area contributed by atoms with Crippen LogP contribution in [0.3, 0.4) is 0 Å². The first kappa shape index (κ1) is 19.5. The molecule has 0 bridgehead atoms. The number of benzene rings is 2. The summed E-state index contributed by atoms with van der Waals surface area (Å²) in [5, 5.41) is 5.28. The largest absolute Gasteiger partial charge is 0.497 e. The summed E-state index contributed by atoms with van der Waals surface area (Å²) in [5.41, 5.74) is 2.62. The monoisotopic (exact) mass is 425 g/mol. The Hall–Kier alpha value is -2.84. The fraction of sp³-hybridized carbons (Fsp3) is 0.190. The van der Waals surface area contributed by atoms with Gasteiger partial charge in [0.2, 0.25) is 11.8 Å². The maximum atomic E-state index is 12.4. The highest BCUT2D eigenvalue weighted by Crippen LogP contribution is 2.35. The number of nitrogens with one attached hydrogen (secondary N) is 1. The number of nitrogens with zero attached hydrogens (tertiary/aromatic N) is 2. The number of anilines is 2. The van der Waals surface area contributed by atoms with Crippen molar-refractivity contribution in [1.29, 1.82) is 0 Å². The summed E-state index contributed by atoms with van der Waals surface area (Å²) in [6, 6.07) is 15.4. The fourth-order valence-electron chi connectivity index (χ4n) is 3.02. The van der Waals surface area contributed by atoms with Crippen LogP contribution in [0.4, 0.5) is 10.8 Å². The lowest BCUT2D eigenvalue weighted by molar-refractivity contribution is -0.117. The molecule has 0 radical (unpaired) electrons. The Labute approximate surface area is 176 Å². The molecule has 2 aromatic carbocycles. The van der Waals surface area contributed by atoms with Crippen molar-refractivity contribution < 1.29 is 14.3 Å². The Morgan fingerprint density at radius 2 is 2.00 bits per heavy atom. The topological polar surface area (TPSA) is 71.5 Å². The number of hydrogen-bond donors (Lipinski definition) is 1. The van der Waals surface area contributed by atoms with Crippen LogP contribution in [0.5, 0.6) is 5.75 Å². The van der Waals surface area contributed by atoms with E-state index in [9.17, 15) is 9.59 Å². The summed E-state index contributed by atoms with van der Waals surface area (Å²) in [6.07, 6.45) is 0.211. The van der Waals surface area contributed by atoms with Crippen LogP contribution in [0.25, 0.3) is 11.3 Å². The number of carbonyl (C=O) groups excluding carboxylic acids is 2. The van der Waals surface area contributed by atoms with E-state index in [0.717, 1.165) is 27.6 Å². The molecule has 3 aromatic rings. The number of rotatable bonds is 6. The van der Waals surface area contributed by atoms with Crippen molar-refractivity contribution in [2.75, 3.05) is 29.6 Å². The third-order valence-electron chi connectivity index (χ3n) is 4.51. The molecule has 0 saturated heterocycles. The van der Waals surface area contributed by atoms with E-state index >= 15 is 0 Å². The molecule has 1 aliphatic heterocycles. The molecule has 1 aromatic heterocycles. The van der Waals surface area contributed by atoms with Gasteiger partial charge in [0.25, 0.3) is 0 Å². The van der Waals surface area contributed by atoms with Gasteiger partial charge in [-0.25, -0.2) is 4.98 Å². The highest BCUT2D eigenvalue weighted by Gasteiger charge is 2.24. The molecule has 0 unspecified atom stereocenters. The van der Waals surface area contributed by atoms with Crippen molar-refractivity contribution in [3.05, 3.63) is 53.9 Å². The van der Waals surface area contributed by atoms with E-state index in [-0.39, 0.29) is 18.2 Å². The zero-order valence-electron chi connectivity index (χ0n) is 15.8. The molecule has 0 fully saturated rings. The molecule has 2 amide bonds. The third kappa shape index (κ3) is 4.44. The molecular weight excluding hydrogens is 406 g/mol. The zero-order valence-corrected chi connectivity index (χ0v) is 17.4. The second kappa shape index (κ2) is 8.67. The number of para-hydroxylation sites is 1. The van der Waals surface area contributed by atoms with E-state index in [1.807, 2.05) is 53.9 Å². The molecule has 4 rings (SSSR count). The van der Waals surface area contributed by atoms with Crippen molar-refractivity contribution >= 4 is 45.7 Å². The standard InChI is InChI=1S/C21H19N3O3S2/c1-27-15-8-6-14(7-9-15)16-12-29-21(22-16)23-19(25)10-11-24-17-4-2-3-5-18(17)28-13-20(24)26/h2-9,12H,10-11,13H2,1H3,(H,22,23,25). The Morgan fingerprint density at radius 1 is 1.21 bits per heavy atom. The smallest absolute Gasteiger partial charge is 0.237 e. The summed E-state index contributed by atoms with van der Waals surface area (Å²) < 4.78 is 5.17. The Balaban J connectivity index is 1.37. The first-order valence-corrected chi connectivity index (χ1v) is 10.9. The van der Waals surface area contributed by atoms with E-state index in [4.69, 9.17) is 4.74 Å². The van der Waals surface area contributed by atoms with Gasteiger partial charge in [0.1, 0.15) is 5.75 Å². The van der Waals surface area contributed by atoms with Gasteiger partial charge in [-0.3, -0.25) is 9.59 Å². The zero-order chi connectivity index (χ0) is 20.2. The van der Waals surface area contributed by atoms with Gasteiger partial charge in [-0.2, -0.15) is 0 Å². The average molecular weight is 426 g/mol. The van der Waals surface area contributed by atoms with Crippen molar-refractivity contribution in [1.82, 2.24) is 4.98 Å². The second-order valence-electron chi connectivity index (χ2n) is 6.37. The Kier molecular flexibility index (Phi) is 5.82. The normalized spacial score (nSPS) is 13.1. The van der Waals surface area contributed by atoms with Crippen LogP contribution in [-0.4, -0.2) is 36.2 Å². The number of carbonyl (C=O) groups is 2. The van der Waals surface area contributed by atoms with Crippen LogP contribution in [-0.2, 0) is 9.59 Å². The number of thioether (sulfide) groups is 1. The molecule has 0 atom stereocenters. The van der Waals surface area contributed by atoms with Crippen LogP contribution in [0.2, 0.25) is 0 Å². The van der Waals surface area contributed by atoms with Crippen molar-refractivity contribution in [2.24, 2.45) is 0 Å². The van der Waals surface area contributed by atoms with Crippen LogP contribution in [0.15, 0.2) is 58.8 Å². The van der Waals surface area contributed by atoms with E-state index in [1.165, 1.54) is 23.1 Å². The number of thiazole rings is 1. The predicted octanol–water partition coefficient (Wildman–Crippen LogP) is 4.29. The molecule has 2 heterocycles. The predicted molar refractivity (Wildman–Crippen MR) is 117 cm³/mol. The van der Waals surface area contributed by atoms with Crippen molar-refractivity contribution in [3.8, 4) is 17.0 Å². The van der Waals surface area contributed by atoms with Gasteiger partial charge < -0.3 is 15.0 Å². The minimum absolute atomic E-state index is 0.0255. The van der Waals surface area contributed by atoms with Gasteiger partial charge in [0, 0.05) is 28.8 Å².